The Morgan fingerprint density at radius 1 is 0.833 bits per heavy atom. The molecule has 8 nitrogen and oxygen atoms in total. The molecule has 2 atom stereocenters. The minimum absolute atomic E-state index is 0.249. The summed E-state index contributed by atoms with van der Waals surface area (Å²) < 4.78 is 0. The number of carbonyl (C=O) groups is 3. The lowest BCUT2D eigenvalue weighted by atomic mass is 9.81. The normalized spacial score (nSPS) is 17.5. The molecule has 1 aliphatic heterocycles. The summed E-state index contributed by atoms with van der Waals surface area (Å²) in [6.07, 6.45) is 7.35. The van der Waals surface area contributed by atoms with E-state index in [2.05, 4.69) is 44.2 Å². The first-order chi connectivity index (χ1) is 22.5. The molecule has 1 fully saturated rings. The minimum atomic E-state index is -0.854. The summed E-state index contributed by atoms with van der Waals surface area (Å²) in [5.74, 6) is -0.853. The van der Waals surface area contributed by atoms with E-state index in [1.54, 1.807) is 20.2 Å². The molecule has 1 heterocycles. The van der Waals surface area contributed by atoms with Gasteiger partial charge in [-0.1, -0.05) is 78.9 Å². The van der Waals surface area contributed by atoms with Gasteiger partial charge in [0.05, 0.1) is 0 Å². The van der Waals surface area contributed by atoms with E-state index >= 15 is 0 Å². The van der Waals surface area contributed by atoms with Crippen molar-refractivity contribution in [3.05, 3.63) is 96.1 Å². The van der Waals surface area contributed by atoms with Gasteiger partial charge in [0.1, 0.15) is 12.1 Å². The Hall–Kier alpha value is -4.01. The number of hydrazine groups is 1. The molecule has 3 aromatic carbocycles. The Balaban J connectivity index is 1.69. The summed E-state index contributed by atoms with van der Waals surface area (Å²) in [6.45, 7) is 12.4. The summed E-state index contributed by atoms with van der Waals surface area (Å²) in [4.78, 5) is 45.6. The van der Waals surface area contributed by atoms with Crippen LogP contribution in [0.1, 0.15) is 78.4 Å². The molecule has 8 heteroatoms. The van der Waals surface area contributed by atoms with Crippen molar-refractivity contribution < 1.29 is 14.4 Å². The van der Waals surface area contributed by atoms with Crippen molar-refractivity contribution in [1.29, 1.82) is 0 Å². The quantitative estimate of drug-likeness (QED) is 0.233. The second-order valence-electron chi connectivity index (χ2n) is 15.4. The number of nitrogens with zero attached hydrogens (tertiary/aromatic N) is 3. The highest BCUT2D eigenvalue weighted by molar-refractivity contribution is 5.95. The fraction of sp³-hybridized carbons (Fsp3) is 0.475. The van der Waals surface area contributed by atoms with Crippen molar-refractivity contribution in [2.24, 2.45) is 5.73 Å². The van der Waals surface area contributed by atoms with Gasteiger partial charge in [0.15, 0.2) is 0 Å². The largest absolute Gasteiger partial charge is 0.332 e. The van der Waals surface area contributed by atoms with Crippen LogP contribution in [0.2, 0.25) is 0 Å². The molecule has 3 N–H and O–H groups in total. The summed E-state index contributed by atoms with van der Waals surface area (Å²) in [5, 5.41) is 4.23. The van der Waals surface area contributed by atoms with Gasteiger partial charge < -0.3 is 15.5 Å². The van der Waals surface area contributed by atoms with E-state index in [9.17, 15) is 14.4 Å². The smallest absolute Gasteiger partial charge is 0.257 e. The Kier molecular flexibility index (Phi) is 11.5. The molecule has 4 rings (SSSR count). The molecule has 0 bridgehead atoms. The van der Waals surface area contributed by atoms with Gasteiger partial charge >= 0.3 is 0 Å². The van der Waals surface area contributed by atoms with Crippen LogP contribution in [0.4, 0.5) is 0 Å². The van der Waals surface area contributed by atoms with Gasteiger partial charge in [-0.3, -0.25) is 19.8 Å². The van der Waals surface area contributed by atoms with Crippen molar-refractivity contribution in [3.8, 4) is 0 Å². The summed E-state index contributed by atoms with van der Waals surface area (Å²) in [5.41, 5.74) is 10.3. The molecule has 0 unspecified atom stereocenters. The highest BCUT2D eigenvalue weighted by atomic mass is 16.2. The van der Waals surface area contributed by atoms with Gasteiger partial charge in [-0.25, -0.2) is 5.01 Å². The van der Waals surface area contributed by atoms with Crippen LogP contribution in [0.15, 0.2) is 84.9 Å². The van der Waals surface area contributed by atoms with E-state index in [0.717, 1.165) is 41.2 Å². The van der Waals surface area contributed by atoms with Gasteiger partial charge in [0.25, 0.3) is 5.91 Å². The third kappa shape index (κ3) is 9.32. The van der Waals surface area contributed by atoms with E-state index in [0.29, 0.717) is 19.3 Å². The number of benzene rings is 3. The van der Waals surface area contributed by atoms with Crippen molar-refractivity contribution in [2.45, 2.75) is 109 Å². The molecule has 3 aromatic rings. The van der Waals surface area contributed by atoms with Crippen LogP contribution in [-0.4, -0.2) is 75.3 Å². The van der Waals surface area contributed by atoms with Crippen LogP contribution in [0.3, 0.4) is 0 Å². The molecule has 0 saturated carbocycles. The SMILES string of the molecule is CN(C(=O)/C=C/CC(C)(C)N)[C@H](Cc1ccc2ccccc2c1)C(=O)N(C)[C@H](Cc1ccccc1)C(=O)NN1C(C)(C)CCCC1(C)C. The Morgan fingerprint density at radius 3 is 2.04 bits per heavy atom. The van der Waals surface area contributed by atoms with Crippen LogP contribution in [0.5, 0.6) is 0 Å². The number of likely N-dealkylation sites (N-methyl/N-ethyl adjacent to an activating group) is 2. The molecule has 0 aliphatic carbocycles. The van der Waals surface area contributed by atoms with E-state index in [1.165, 1.54) is 15.9 Å². The molecule has 258 valence electrons. The molecular weight excluding hydrogens is 598 g/mol. The summed E-state index contributed by atoms with van der Waals surface area (Å²) in [6, 6.07) is 22.3. The second-order valence-corrected chi connectivity index (χ2v) is 15.4. The standard InChI is InChI=1S/C40H55N5O3/c1-38(2,41)23-14-20-35(46)43(7)34(28-30-21-22-31-18-12-13-19-32(31)26-30)37(48)44(8)33(27-29-16-10-9-11-17-29)36(47)42-45-39(3,4)24-15-25-40(45,5)6/h9-14,16-22,26,33-34H,15,23-25,27-28,41H2,1-8H3,(H,42,47)/b20-14+/t33-,34-/m1/s1. The molecule has 0 radical (unpaired) electrons. The fourth-order valence-electron chi connectivity index (χ4n) is 6.83. The monoisotopic (exact) mass is 653 g/mol. The first-order valence-corrected chi connectivity index (χ1v) is 17.1. The number of carbonyl (C=O) groups excluding carboxylic acids is 3. The zero-order chi connectivity index (χ0) is 35.3. The van der Waals surface area contributed by atoms with Crippen LogP contribution < -0.4 is 11.2 Å². The van der Waals surface area contributed by atoms with E-state index in [1.807, 2.05) is 80.6 Å². The topological polar surface area (TPSA) is 99.0 Å². The van der Waals surface area contributed by atoms with Gasteiger partial charge in [0, 0.05) is 43.6 Å². The van der Waals surface area contributed by atoms with Crippen molar-refractivity contribution in [2.75, 3.05) is 14.1 Å². The van der Waals surface area contributed by atoms with Crippen molar-refractivity contribution >= 4 is 28.5 Å². The molecule has 48 heavy (non-hydrogen) atoms. The van der Waals surface area contributed by atoms with Crippen LogP contribution in [0.25, 0.3) is 10.8 Å². The van der Waals surface area contributed by atoms with Crippen molar-refractivity contribution in [1.82, 2.24) is 20.2 Å². The highest BCUT2D eigenvalue weighted by Crippen LogP contribution is 2.36. The molecular formula is C40H55N5O3. The molecule has 0 aromatic heterocycles. The number of hydrogen-bond donors (Lipinski definition) is 2. The molecule has 1 saturated heterocycles. The Morgan fingerprint density at radius 2 is 1.42 bits per heavy atom. The number of rotatable bonds is 12. The lowest BCUT2D eigenvalue weighted by Crippen LogP contribution is -2.67. The third-order valence-electron chi connectivity index (χ3n) is 9.65. The molecule has 3 amide bonds. The van der Waals surface area contributed by atoms with E-state index in [-0.39, 0.29) is 28.8 Å². The average molecular weight is 654 g/mol. The molecule has 1 aliphatic rings. The van der Waals surface area contributed by atoms with Crippen LogP contribution in [0, 0.1) is 0 Å². The summed E-state index contributed by atoms with van der Waals surface area (Å²) in [7, 11) is 3.34. The van der Waals surface area contributed by atoms with Gasteiger partial charge in [-0.15, -0.1) is 0 Å². The number of hydrogen-bond acceptors (Lipinski definition) is 5. The number of amides is 3. The van der Waals surface area contributed by atoms with E-state index < -0.39 is 17.6 Å². The number of fused-ring (bicyclic) bond motifs is 1. The lowest BCUT2D eigenvalue weighted by Gasteiger charge is -2.52. The Labute approximate surface area is 287 Å². The summed E-state index contributed by atoms with van der Waals surface area (Å²) >= 11 is 0. The minimum Gasteiger partial charge on any atom is -0.332 e. The van der Waals surface area contributed by atoms with Gasteiger partial charge in [-0.05, 0) is 95.2 Å². The number of nitrogens with two attached hydrogens (primary N) is 1. The predicted octanol–water partition coefficient (Wildman–Crippen LogP) is 6.04. The van der Waals surface area contributed by atoms with E-state index in [4.69, 9.17) is 5.73 Å². The first-order valence-electron chi connectivity index (χ1n) is 17.1. The maximum Gasteiger partial charge on any atom is 0.257 e. The zero-order valence-electron chi connectivity index (χ0n) is 30.1. The first kappa shape index (κ1) is 36.8. The predicted molar refractivity (Wildman–Crippen MR) is 195 cm³/mol. The maximum absolute atomic E-state index is 14.7. The third-order valence-corrected chi connectivity index (χ3v) is 9.65. The highest BCUT2D eigenvalue weighted by Gasteiger charge is 2.44. The average Bonchev–Trinajstić information content (AvgIpc) is 3.02. The number of nitrogens with one attached hydrogen (secondary N) is 1. The van der Waals surface area contributed by atoms with Gasteiger partial charge in [0.2, 0.25) is 11.8 Å². The lowest BCUT2D eigenvalue weighted by molar-refractivity contribution is -0.152. The van der Waals surface area contributed by atoms with Crippen molar-refractivity contribution in [3.63, 3.8) is 0 Å². The fourth-order valence-corrected chi connectivity index (χ4v) is 6.83. The number of piperidine rings is 1. The van der Waals surface area contributed by atoms with Crippen LogP contribution >= 0.6 is 0 Å². The Bertz CT molecular complexity index is 1590. The van der Waals surface area contributed by atoms with Crippen LogP contribution in [-0.2, 0) is 27.2 Å². The van der Waals surface area contributed by atoms with Gasteiger partial charge in [-0.2, -0.15) is 0 Å². The maximum atomic E-state index is 14.7. The molecule has 0 spiro atoms. The zero-order valence-corrected chi connectivity index (χ0v) is 30.1. The second kappa shape index (κ2) is 15.0.